The molecule has 1 heterocycles. The van der Waals surface area contributed by atoms with Gasteiger partial charge < -0.3 is 10.0 Å². The van der Waals surface area contributed by atoms with Gasteiger partial charge in [0.25, 0.3) is 0 Å². The van der Waals surface area contributed by atoms with E-state index in [0.717, 1.165) is 55.6 Å². The lowest BCUT2D eigenvalue weighted by atomic mass is 9.82. The second-order valence-corrected chi connectivity index (χ2v) is 7.18. The van der Waals surface area contributed by atoms with Crippen LogP contribution in [0.2, 0.25) is 0 Å². The maximum atomic E-state index is 11.0. The molecule has 20 heavy (non-hydrogen) atoms. The Labute approximate surface area is 130 Å². The van der Waals surface area contributed by atoms with Crippen LogP contribution < -0.4 is 0 Å². The van der Waals surface area contributed by atoms with Crippen molar-refractivity contribution in [1.29, 1.82) is 0 Å². The van der Waals surface area contributed by atoms with Gasteiger partial charge in [-0.1, -0.05) is 30.1 Å². The molecule has 0 aromatic carbocycles. The first-order chi connectivity index (χ1) is 9.60. The third-order valence-electron chi connectivity index (χ3n) is 4.06. The van der Waals surface area contributed by atoms with Crippen molar-refractivity contribution in [3.63, 3.8) is 0 Å². The molecule has 1 saturated heterocycles. The van der Waals surface area contributed by atoms with E-state index >= 15 is 0 Å². The molecule has 2 aliphatic rings. The number of aliphatic carboxylic acids is 1. The lowest BCUT2D eigenvalue weighted by Crippen LogP contribution is -2.46. The molecule has 0 atom stereocenters. The summed E-state index contributed by atoms with van der Waals surface area (Å²) in [6.45, 7) is 6.49. The molecule has 1 aliphatic carbocycles. The Kier molecular flexibility index (Phi) is 5.86. The molecular formula is C14H22N2O2S2. The summed E-state index contributed by atoms with van der Waals surface area (Å²) < 4.78 is 0.954. The molecule has 1 aliphatic heterocycles. The molecule has 0 spiro atoms. The fraction of sp³-hybridized carbons (Fsp3) is 0.714. The lowest BCUT2D eigenvalue weighted by Gasteiger charge is -2.38. The number of thiocarbonyl (C=S) groups is 1. The molecule has 0 amide bonds. The highest BCUT2D eigenvalue weighted by Gasteiger charge is 2.28. The Morgan fingerprint density at radius 1 is 1.45 bits per heavy atom. The average molecular weight is 314 g/mol. The number of hydrogen-bond acceptors (Lipinski definition) is 4. The first-order valence-electron chi connectivity index (χ1n) is 7.08. The normalized spacial score (nSPS) is 28.4. The largest absolute Gasteiger partial charge is 0.481 e. The van der Waals surface area contributed by atoms with Gasteiger partial charge in [0, 0.05) is 13.1 Å². The molecule has 6 heteroatoms. The summed E-state index contributed by atoms with van der Waals surface area (Å²) in [4.78, 5) is 15.5. The van der Waals surface area contributed by atoms with Crippen LogP contribution in [0.3, 0.4) is 0 Å². The molecule has 4 nitrogen and oxygen atoms in total. The molecule has 0 bridgehead atoms. The summed E-state index contributed by atoms with van der Waals surface area (Å²) in [5.41, 5.74) is 0. The standard InChI is InChI=1S/C14H22N2O2S2/c1-2-7-16-9-15(10-20-14(16)19)8-11-3-5-12(6-4-11)13(17)18/h2,11-12H,1,3-10H2,(H,17,18). The highest BCUT2D eigenvalue weighted by atomic mass is 32.2. The molecule has 1 N–H and O–H groups in total. The van der Waals surface area contributed by atoms with E-state index in [0.29, 0.717) is 5.92 Å². The summed E-state index contributed by atoms with van der Waals surface area (Å²) >= 11 is 7.05. The van der Waals surface area contributed by atoms with Crippen LogP contribution in [0, 0.1) is 11.8 Å². The van der Waals surface area contributed by atoms with Crippen molar-refractivity contribution >= 4 is 34.3 Å². The Hall–Kier alpha value is -0.590. The predicted octanol–water partition coefficient (Wildman–Crippen LogP) is 2.61. The summed E-state index contributed by atoms with van der Waals surface area (Å²) in [5, 5.41) is 9.02. The monoisotopic (exact) mass is 314 g/mol. The second-order valence-electron chi connectivity index (χ2n) is 5.60. The molecule has 0 radical (unpaired) electrons. The molecule has 112 valence electrons. The quantitative estimate of drug-likeness (QED) is 0.621. The first kappa shape index (κ1) is 15.8. The third kappa shape index (κ3) is 4.20. The molecule has 2 fully saturated rings. The van der Waals surface area contributed by atoms with Gasteiger partial charge in [0.05, 0.1) is 18.5 Å². The van der Waals surface area contributed by atoms with Gasteiger partial charge >= 0.3 is 5.97 Å². The number of carboxylic acid groups (broad SMARTS) is 1. The van der Waals surface area contributed by atoms with Gasteiger partial charge in [0.1, 0.15) is 4.32 Å². The van der Waals surface area contributed by atoms with Crippen molar-refractivity contribution in [3.8, 4) is 0 Å². The van der Waals surface area contributed by atoms with E-state index in [2.05, 4.69) is 16.4 Å². The van der Waals surface area contributed by atoms with Gasteiger partial charge in [-0.15, -0.1) is 6.58 Å². The van der Waals surface area contributed by atoms with Crippen LogP contribution in [-0.2, 0) is 4.79 Å². The molecule has 1 saturated carbocycles. The fourth-order valence-corrected chi connectivity index (χ4v) is 4.02. The van der Waals surface area contributed by atoms with Gasteiger partial charge in [-0.3, -0.25) is 9.69 Å². The molecule has 0 unspecified atom stereocenters. The lowest BCUT2D eigenvalue weighted by molar-refractivity contribution is -0.143. The van der Waals surface area contributed by atoms with Crippen LogP contribution in [0.1, 0.15) is 25.7 Å². The van der Waals surface area contributed by atoms with Gasteiger partial charge in [-0.05, 0) is 31.6 Å². The van der Waals surface area contributed by atoms with Crippen LogP contribution in [-0.4, -0.2) is 50.8 Å². The van der Waals surface area contributed by atoms with Crippen molar-refractivity contribution in [1.82, 2.24) is 9.80 Å². The third-order valence-corrected chi connectivity index (χ3v) is 5.67. The van der Waals surface area contributed by atoms with Gasteiger partial charge in [-0.25, -0.2) is 0 Å². The highest BCUT2D eigenvalue weighted by Crippen LogP contribution is 2.30. The number of rotatable bonds is 5. The Bertz CT molecular complexity index is 381. The van der Waals surface area contributed by atoms with Crippen molar-refractivity contribution < 1.29 is 9.90 Å². The second kappa shape index (κ2) is 7.43. The zero-order valence-corrected chi connectivity index (χ0v) is 13.3. The van der Waals surface area contributed by atoms with Crippen molar-refractivity contribution in [3.05, 3.63) is 12.7 Å². The van der Waals surface area contributed by atoms with Crippen LogP contribution in [0.25, 0.3) is 0 Å². The maximum absolute atomic E-state index is 11.0. The van der Waals surface area contributed by atoms with Crippen LogP contribution in [0.5, 0.6) is 0 Å². The summed E-state index contributed by atoms with van der Waals surface area (Å²) in [5.74, 6) is 0.834. The number of hydrogen-bond donors (Lipinski definition) is 1. The molecule has 0 aromatic heterocycles. The van der Waals surface area contributed by atoms with E-state index in [1.54, 1.807) is 11.8 Å². The van der Waals surface area contributed by atoms with E-state index in [1.165, 1.54) is 0 Å². The SMILES string of the molecule is C=CCN1CN(CC2CCC(C(=O)O)CC2)CSC1=S. The van der Waals surface area contributed by atoms with Gasteiger partial charge in [-0.2, -0.15) is 0 Å². The topological polar surface area (TPSA) is 43.8 Å². The van der Waals surface area contributed by atoms with E-state index in [1.807, 2.05) is 6.08 Å². The summed E-state index contributed by atoms with van der Waals surface area (Å²) in [6, 6.07) is 0. The minimum absolute atomic E-state index is 0.119. The van der Waals surface area contributed by atoms with Gasteiger partial charge in [0.15, 0.2) is 0 Å². The molecule has 2 rings (SSSR count). The Balaban J connectivity index is 1.78. The van der Waals surface area contributed by atoms with E-state index in [-0.39, 0.29) is 5.92 Å². The molecule has 0 aromatic rings. The van der Waals surface area contributed by atoms with Crippen molar-refractivity contribution in [2.45, 2.75) is 25.7 Å². The first-order valence-corrected chi connectivity index (χ1v) is 8.47. The number of carbonyl (C=O) groups is 1. The van der Waals surface area contributed by atoms with E-state index < -0.39 is 5.97 Å². The van der Waals surface area contributed by atoms with Crippen LogP contribution in [0.15, 0.2) is 12.7 Å². The minimum atomic E-state index is -0.625. The smallest absolute Gasteiger partial charge is 0.306 e. The number of thioether (sulfide) groups is 1. The number of carboxylic acids is 1. The van der Waals surface area contributed by atoms with Crippen LogP contribution >= 0.6 is 24.0 Å². The van der Waals surface area contributed by atoms with E-state index in [4.69, 9.17) is 17.3 Å². The fourth-order valence-electron chi connectivity index (χ4n) is 2.93. The summed E-state index contributed by atoms with van der Waals surface area (Å²) in [6.07, 6.45) is 5.61. The Morgan fingerprint density at radius 3 is 2.75 bits per heavy atom. The maximum Gasteiger partial charge on any atom is 0.306 e. The van der Waals surface area contributed by atoms with E-state index in [9.17, 15) is 4.79 Å². The highest BCUT2D eigenvalue weighted by molar-refractivity contribution is 8.22. The zero-order valence-electron chi connectivity index (χ0n) is 11.7. The average Bonchev–Trinajstić information content (AvgIpc) is 2.43. The zero-order chi connectivity index (χ0) is 14.5. The number of nitrogens with zero attached hydrogens (tertiary/aromatic N) is 2. The molecular weight excluding hydrogens is 292 g/mol. The van der Waals surface area contributed by atoms with Gasteiger partial charge in [0.2, 0.25) is 0 Å². The van der Waals surface area contributed by atoms with Crippen molar-refractivity contribution in [2.24, 2.45) is 11.8 Å². The summed E-state index contributed by atoms with van der Waals surface area (Å²) in [7, 11) is 0. The predicted molar refractivity (Wildman–Crippen MR) is 86.6 cm³/mol. The van der Waals surface area contributed by atoms with Crippen LogP contribution in [0.4, 0.5) is 0 Å². The minimum Gasteiger partial charge on any atom is -0.481 e. The van der Waals surface area contributed by atoms with Crippen molar-refractivity contribution in [2.75, 3.05) is 25.6 Å². The Morgan fingerprint density at radius 2 is 2.15 bits per heavy atom.